The minimum atomic E-state index is -0.871. The Morgan fingerprint density at radius 1 is 1.28 bits per heavy atom. The summed E-state index contributed by atoms with van der Waals surface area (Å²) in [7, 11) is 0. The van der Waals surface area contributed by atoms with E-state index in [2.05, 4.69) is 10.3 Å². The number of aromatic nitrogens is 1. The van der Waals surface area contributed by atoms with Crippen LogP contribution in [0.25, 0.3) is 10.6 Å². The maximum Gasteiger partial charge on any atom is 0.358 e. The van der Waals surface area contributed by atoms with Gasteiger partial charge >= 0.3 is 5.97 Å². The number of ether oxygens (including phenoxy) is 1. The predicted molar refractivity (Wildman–Crippen MR) is 92.8 cm³/mol. The van der Waals surface area contributed by atoms with Crippen LogP contribution in [0.15, 0.2) is 29.6 Å². The summed E-state index contributed by atoms with van der Waals surface area (Å²) in [5.74, 6) is -1.25. The average Bonchev–Trinajstić information content (AvgIpc) is 3.27. The molecule has 0 aliphatic heterocycles. The van der Waals surface area contributed by atoms with E-state index in [0.717, 1.165) is 31.2 Å². The molecule has 0 saturated heterocycles. The number of carbonyl (C=O) groups excluding carboxylic acids is 2. The summed E-state index contributed by atoms with van der Waals surface area (Å²) in [4.78, 5) is 28.5. The summed E-state index contributed by atoms with van der Waals surface area (Å²) in [5.41, 5.74) is 0.863. The van der Waals surface area contributed by atoms with E-state index in [1.54, 1.807) is 24.4 Å². The Labute approximate surface area is 149 Å². The topological polar surface area (TPSA) is 68.3 Å². The first-order valence-electron chi connectivity index (χ1n) is 8.26. The van der Waals surface area contributed by atoms with Crippen molar-refractivity contribution in [2.75, 3.05) is 0 Å². The molecule has 5 nitrogen and oxygen atoms in total. The average molecular weight is 362 g/mol. The lowest BCUT2D eigenvalue weighted by molar-refractivity contribution is -0.129. The molecule has 2 aromatic rings. The van der Waals surface area contributed by atoms with Crippen molar-refractivity contribution < 1.29 is 18.7 Å². The van der Waals surface area contributed by atoms with Gasteiger partial charge in [-0.25, -0.2) is 14.2 Å². The monoisotopic (exact) mass is 362 g/mol. The first-order valence-corrected chi connectivity index (χ1v) is 9.13. The highest BCUT2D eigenvalue weighted by molar-refractivity contribution is 7.13. The molecule has 1 atom stereocenters. The van der Waals surface area contributed by atoms with Gasteiger partial charge in [-0.3, -0.25) is 4.79 Å². The zero-order valence-electron chi connectivity index (χ0n) is 13.8. The molecule has 25 heavy (non-hydrogen) atoms. The molecule has 1 aromatic heterocycles. The Morgan fingerprint density at radius 2 is 1.96 bits per heavy atom. The molecule has 1 N–H and O–H groups in total. The third-order valence-electron chi connectivity index (χ3n) is 4.16. The van der Waals surface area contributed by atoms with Gasteiger partial charge in [0.25, 0.3) is 5.91 Å². The summed E-state index contributed by atoms with van der Waals surface area (Å²) >= 11 is 1.26. The molecular weight excluding hydrogens is 343 g/mol. The van der Waals surface area contributed by atoms with E-state index in [0.29, 0.717) is 5.01 Å². The Bertz CT molecular complexity index is 754. The summed E-state index contributed by atoms with van der Waals surface area (Å²) in [6, 6.07) is 6.05. The van der Waals surface area contributed by atoms with E-state index < -0.39 is 12.1 Å². The van der Waals surface area contributed by atoms with Crippen molar-refractivity contribution in [3.8, 4) is 10.6 Å². The van der Waals surface area contributed by atoms with E-state index >= 15 is 0 Å². The van der Waals surface area contributed by atoms with Crippen molar-refractivity contribution in [1.82, 2.24) is 10.3 Å². The number of benzene rings is 1. The van der Waals surface area contributed by atoms with Crippen LogP contribution in [0.2, 0.25) is 0 Å². The van der Waals surface area contributed by atoms with Crippen molar-refractivity contribution in [3.63, 3.8) is 0 Å². The number of carbonyl (C=O) groups is 2. The number of thiazole rings is 1. The Kier molecular flexibility index (Phi) is 5.43. The lowest BCUT2D eigenvalue weighted by Gasteiger charge is -2.16. The van der Waals surface area contributed by atoms with Gasteiger partial charge in [-0.15, -0.1) is 11.3 Å². The van der Waals surface area contributed by atoms with Crippen LogP contribution in [0.4, 0.5) is 4.39 Å². The van der Waals surface area contributed by atoms with Gasteiger partial charge in [0.1, 0.15) is 10.8 Å². The maximum absolute atomic E-state index is 13.0. The van der Waals surface area contributed by atoms with Crippen molar-refractivity contribution in [3.05, 3.63) is 41.2 Å². The van der Waals surface area contributed by atoms with Gasteiger partial charge < -0.3 is 10.1 Å². The zero-order chi connectivity index (χ0) is 17.8. The second-order valence-corrected chi connectivity index (χ2v) is 6.94. The summed E-state index contributed by atoms with van der Waals surface area (Å²) in [6.07, 6.45) is 3.30. The van der Waals surface area contributed by atoms with E-state index in [1.165, 1.54) is 23.5 Å². The summed E-state index contributed by atoms with van der Waals surface area (Å²) in [5, 5.41) is 5.07. The van der Waals surface area contributed by atoms with Crippen LogP contribution < -0.4 is 5.32 Å². The van der Waals surface area contributed by atoms with Crippen molar-refractivity contribution in [2.45, 2.75) is 44.8 Å². The van der Waals surface area contributed by atoms with Gasteiger partial charge in [0.2, 0.25) is 0 Å². The van der Waals surface area contributed by atoms with E-state index in [4.69, 9.17) is 4.74 Å². The smallest absolute Gasteiger partial charge is 0.358 e. The molecule has 0 radical (unpaired) electrons. The number of hydrogen-bond acceptors (Lipinski definition) is 5. The first-order chi connectivity index (χ1) is 12.0. The van der Waals surface area contributed by atoms with E-state index in [1.807, 2.05) is 0 Å². The first kappa shape index (κ1) is 17.5. The normalized spacial score (nSPS) is 15.8. The fourth-order valence-electron chi connectivity index (χ4n) is 2.76. The molecule has 1 aliphatic carbocycles. The lowest BCUT2D eigenvalue weighted by Crippen LogP contribution is -2.40. The van der Waals surface area contributed by atoms with Crippen LogP contribution in [-0.4, -0.2) is 29.0 Å². The van der Waals surface area contributed by atoms with Crippen LogP contribution in [0.5, 0.6) is 0 Å². The van der Waals surface area contributed by atoms with Gasteiger partial charge in [0.05, 0.1) is 0 Å². The summed E-state index contributed by atoms with van der Waals surface area (Å²) in [6.45, 7) is 1.55. The second-order valence-electron chi connectivity index (χ2n) is 6.08. The predicted octanol–water partition coefficient (Wildman–Crippen LogP) is 3.55. The maximum atomic E-state index is 13.0. The number of hydrogen-bond donors (Lipinski definition) is 1. The Hall–Kier alpha value is -2.28. The molecule has 0 unspecified atom stereocenters. The van der Waals surface area contributed by atoms with Crippen LogP contribution in [-0.2, 0) is 9.53 Å². The van der Waals surface area contributed by atoms with Crippen molar-refractivity contribution in [2.24, 2.45) is 0 Å². The number of amides is 1. The highest BCUT2D eigenvalue weighted by Crippen LogP contribution is 2.24. The second kappa shape index (κ2) is 7.74. The largest absolute Gasteiger partial charge is 0.448 e. The SMILES string of the molecule is C[C@@H](OC(=O)c1csc(-c2ccc(F)cc2)n1)C(=O)NC1CCCC1. The molecule has 1 aliphatic rings. The number of esters is 1. The highest BCUT2D eigenvalue weighted by atomic mass is 32.1. The van der Waals surface area contributed by atoms with Gasteiger partial charge in [-0.05, 0) is 44.0 Å². The molecular formula is C18H19FN2O3S. The minimum absolute atomic E-state index is 0.143. The molecule has 1 fully saturated rings. The van der Waals surface area contributed by atoms with E-state index in [9.17, 15) is 14.0 Å². The third-order valence-corrected chi connectivity index (χ3v) is 5.05. The number of rotatable bonds is 5. The standard InChI is InChI=1S/C18H19FN2O3S/c1-11(16(22)20-14-4-2-3-5-14)24-18(23)15-10-25-17(21-15)12-6-8-13(19)9-7-12/h6-11,14H,2-5H2,1H3,(H,20,22)/t11-/m1/s1. The van der Waals surface area contributed by atoms with Crippen LogP contribution >= 0.6 is 11.3 Å². The third kappa shape index (κ3) is 4.42. The van der Waals surface area contributed by atoms with Crippen molar-refractivity contribution >= 4 is 23.2 Å². The van der Waals surface area contributed by atoms with Crippen molar-refractivity contribution in [1.29, 1.82) is 0 Å². The van der Waals surface area contributed by atoms with Gasteiger partial charge in [-0.1, -0.05) is 12.8 Å². The Morgan fingerprint density at radius 3 is 2.64 bits per heavy atom. The number of nitrogens with zero attached hydrogens (tertiary/aromatic N) is 1. The number of nitrogens with one attached hydrogen (secondary N) is 1. The lowest BCUT2D eigenvalue weighted by atomic mass is 10.2. The summed E-state index contributed by atoms with van der Waals surface area (Å²) < 4.78 is 18.2. The molecule has 3 rings (SSSR count). The van der Waals surface area contributed by atoms with Gasteiger partial charge in [-0.2, -0.15) is 0 Å². The molecule has 1 amide bonds. The van der Waals surface area contributed by atoms with Gasteiger partial charge in [0, 0.05) is 17.0 Å². The minimum Gasteiger partial charge on any atom is -0.448 e. The Balaban J connectivity index is 1.59. The quantitative estimate of drug-likeness (QED) is 0.826. The molecule has 1 saturated carbocycles. The fourth-order valence-corrected chi connectivity index (χ4v) is 3.55. The molecule has 1 heterocycles. The van der Waals surface area contributed by atoms with Crippen LogP contribution in [0, 0.1) is 5.82 Å². The van der Waals surface area contributed by atoms with Gasteiger partial charge in [0.15, 0.2) is 11.8 Å². The fraction of sp³-hybridized carbons (Fsp3) is 0.389. The van der Waals surface area contributed by atoms with Crippen LogP contribution in [0.1, 0.15) is 43.1 Å². The molecule has 7 heteroatoms. The highest BCUT2D eigenvalue weighted by Gasteiger charge is 2.24. The molecule has 0 spiro atoms. The van der Waals surface area contributed by atoms with E-state index in [-0.39, 0.29) is 23.5 Å². The molecule has 132 valence electrons. The number of halogens is 1. The molecule has 0 bridgehead atoms. The molecule has 1 aromatic carbocycles. The zero-order valence-corrected chi connectivity index (χ0v) is 14.6. The van der Waals surface area contributed by atoms with Crippen LogP contribution in [0.3, 0.4) is 0 Å².